The van der Waals surface area contributed by atoms with Crippen LogP contribution in [0.3, 0.4) is 0 Å². The van der Waals surface area contributed by atoms with Gasteiger partial charge < -0.3 is 5.11 Å². The van der Waals surface area contributed by atoms with Gasteiger partial charge in [0.15, 0.2) is 5.69 Å². The first-order chi connectivity index (χ1) is 9.56. The van der Waals surface area contributed by atoms with Crippen LogP contribution in [-0.2, 0) is 0 Å². The third-order valence-electron chi connectivity index (χ3n) is 2.70. The fraction of sp³-hybridized carbons (Fsp3) is 0.214. The predicted octanol–water partition coefficient (Wildman–Crippen LogP) is 2.00. The molecule has 0 unspecified atom stereocenters. The number of carbonyl (C=O) groups excluding carboxylic acids is 1. The number of aromatic hydroxyl groups is 1. The van der Waals surface area contributed by atoms with Gasteiger partial charge in [-0.25, -0.2) is 5.43 Å². The van der Waals surface area contributed by atoms with Crippen molar-refractivity contribution in [1.29, 1.82) is 0 Å². The summed E-state index contributed by atoms with van der Waals surface area (Å²) >= 11 is 0. The van der Waals surface area contributed by atoms with E-state index in [9.17, 15) is 9.90 Å². The van der Waals surface area contributed by atoms with Crippen LogP contribution < -0.4 is 5.43 Å². The summed E-state index contributed by atoms with van der Waals surface area (Å²) < 4.78 is 0. The van der Waals surface area contributed by atoms with Crippen LogP contribution in [0.4, 0.5) is 0 Å². The summed E-state index contributed by atoms with van der Waals surface area (Å²) in [6.07, 6.45) is 1.45. The van der Waals surface area contributed by atoms with Gasteiger partial charge in [0, 0.05) is 5.69 Å². The summed E-state index contributed by atoms with van der Waals surface area (Å²) in [6, 6.07) is 8.26. The Morgan fingerprint density at radius 2 is 2.25 bits per heavy atom. The molecule has 0 saturated carbocycles. The number of phenolic OH excluding ortho intramolecular Hbond substituents is 1. The lowest BCUT2D eigenvalue weighted by atomic mass is 10.1. The molecule has 6 nitrogen and oxygen atoms in total. The van der Waals surface area contributed by atoms with Crippen LogP contribution in [0.2, 0.25) is 0 Å². The molecule has 20 heavy (non-hydrogen) atoms. The largest absolute Gasteiger partial charge is 0.508 e. The van der Waals surface area contributed by atoms with Crippen molar-refractivity contribution in [3.63, 3.8) is 0 Å². The van der Waals surface area contributed by atoms with Crippen molar-refractivity contribution < 1.29 is 9.90 Å². The molecule has 0 spiro atoms. The average Bonchev–Trinajstić information content (AvgIpc) is 2.88. The highest BCUT2D eigenvalue weighted by Gasteiger charge is 2.10. The first-order valence-electron chi connectivity index (χ1n) is 6.24. The second-order valence-corrected chi connectivity index (χ2v) is 4.66. The van der Waals surface area contributed by atoms with Gasteiger partial charge in [0.1, 0.15) is 5.75 Å². The van der Waals surface area contributed by atoms with Crippen LogP contribution in [0.5, 0.6) is 5.75 Å². The summed E-state index contributed by atoms with van der Waals surface area (Å²) in [5.41, 5.74) is 4.26. The molecule has 0 fully saturated rings. The molecule has 1 aromatic carbocycles. The minimum absolute atomic E-state index is 0.147. The van der Waals surface area contributed by atoms with Gasteiger partial charge in [0.05, 0.1) is 6.21 Å². The lowest BCUT2D eigenvalue weighted by Crippen LogP contribution is -2.18. The first-order valence-corrected chi connectivity index (χ1v) is 6.24. The van der Waals surface area contributed by atoms with Gasteiger partial charge in [-0.2, -0.15) is 10.2 Å². The summed E-state index contributed by atoms with van der Waals surface area (Å²) in [6.45, 7) is 4.02. The maximum atomic E-state index is 11.8. The molecule has 1 heterocycles. The Hall–Kier alpha value is -2.63. The Balaban J connectivity index is 1.97. The molecule has 0 aliphatic rings. The van der Waals surface area contributed by atoms with Crippen LogP contribution in [-0.4, -0.2) is 27.4 Å². The minimum atomic E-state index is -0.385. The van der Waals surface area contributed by atoms with Gasteiger partial charge in [-0.15, -0.1) is 0 Å². The Labute approximate surface area is 116 Å². The maximum Gasteiger partial charge on any atom is 0.291 e. The fourth-order valence-corrected chi connectivity index (χ4v) is 1.58. The number of hydrogen-bond acceptors (Lipinski definition) is 4. The van der Waals surface area contributed by atoms with Crippen molar-refractivity contribution in [1.82, 2.24) is 15.6 Å². The monoisotopic (exact) mass is 272 g/mol. The number of hydrazone groups is 1. The van der Waals surface area contributed by atoms with Crippen LogP contribution >= 0.6 is 0 Å². The molecule has 1 aromatic heterocycles. The third kappa shape index (κ3) is 3.44. The molecule has 6 heteroatoms. The molecular formula is C14H16N4O2. The van der Waals surface area contributed by atoms with E-state index in [0.717, 1.165) is 5.69 Å². The van der Waals surface area contributed by atoms with Gasteiger partial charge in [0.2, 0.25) is 0 Å². The lowest BCUT2D eigenvalue weighted by Gasteiger charge is -1.97. The Kier molecular flexibility index (Phi) is 4.14. The molecule has 1 amide bonds. The zero-order valence-corrected chi connectivity index (χ0v) is 11.3. The highest BCUT2D eigenvalue weighted by molar-refractivity contribution is 5.93. The number of nitrogens with zero attached hydrogens (tertiary/aromatic N) is 2. The quantitative estimate of drug-likeness (QED) is 0.587. The van der Waals surface area contributed by atoms with Crippen LogP contribution in [0.25, 0.3) is 0 Å². The van der Waals surface area contributed by atoms with Crippen molar-refractivity contribution in [2.45, 2.75) is 19.8 Å². The zero-order chi connectivity index (χ0) is 14.5. The topological polar surface area (TPSA) is 90.4 Å². The number of aromatic nitrogens is 2. The molecule has 2 rings (SSSR count). The number of hydrogen-bond donors (Lipinski definition) is 3. The van der Waals surface area contributed by atoms with Gasteiger partial charge in [-0.3, -0.25) is 9.89 Å². The van der Waals surface area contributed by atoms with Gasteiger partial charge in [0.25, 0.3) is 5.91 Å². The molecule has 2 aromatic rings. The van der Waals surface area contributed by atoms with Crippen molar-refractivity contribution >= 4 is 12.1 Å². The Bertz CT molecular complexity index is 632. The molecule has 0 aliphatic carbocycles. The van der Waals surface area contributed by atoms with Crippen LogP contribution in [0.1, 0.15) is 41.5 Å². The van der Waals surface area contributed by atoms with E-state index in [1.807, 2.05) is 13.8 Å². The third-order valence-corrected chi connectivity index (χ3v) is 2.70. The first kappa shape index (κ1) is 13.8. The van der Waals surface area contributed by atoms with Gasteiger partial charge in [-0.1, -0.05) is 26.0 Å². The fourth-order valence-electron chi connectivity index (χ4n) is 1.58. The normalized spacial score (nSPS) is 11.2. The predicted molar refractivity (Wildman–Crippen MR) is 75.8 cm³/mol. The second kappa shape index (κ2) is 6.01. The minimum Gasteiger partial charge on any atom is -0.508 e. The molecule has 0 bridgehead atoms. The van der Waals surface area contributed by atoms with E-state index >= 15 is 0 Å². The number of phenols is 1. The molecule has 3 N–H and O–H groups in total. The molecule has 0 aliphatic heterocycles. The van der Waals surface area contributed by atoms with E-state index in [0.29, 0.717) is 11.3 Å². The number of aromatic amines is 1. The highest BCUT2D eigenvalue weighted by atomic mass is 16.3. The second-order valence-electron chi connectivity index (χ2n) is 4.66. The van der Waals surface area contributed by atoms with Gasteiger partial charge >= 0.3 is 0 Å². The van der Waals surface area contributed by atoms with E-state index in [1.54, 1.807) is 30.3 Å². The number of H-pyrrole nitrogens is 1. The van der Waals surface area contributed by atoms with E-state index in [2.05, 4.69) is 20.7 Å². The SMILES string of the molecule is CC(C)c1cc(C(=O)NN=Cc2cccc(O)c2)n[nH]1. The van der Waals surface area contributed by atoms with E-state index < -0.39 is 0 Å². The summed E-state index contributed by atoms with van der Waals surface area (Å²) in [7, 11) is 0. The van der Waals surface area contributed by atoms with E-state index in [1.165, 1.54) is 6.21 Å². The smallest absolute Gasteiger partial charge is 0.291 e. The van der Waals surface area contributed by atoms with Crippen LogP contribution in [0.15, 0.2) is 35.4 Å². The number of amides is 1. The van der Waals surface area contributed by atoms with Crippen molar-refractivity contribution in [3.8, 4) is 5.75 Å². The number of nitrogens with one attached hydrogen (secondary N) is 2. The standard InChI is InChI=1S/C14H16N4O2/c1-9(2)12-7-13(17-16-12)14(20)18-15-8-10-4-3-5-11(19)6-10/h3-9,19H,1-2H3,(H,16,17)(H,18,20). The van der Waals surface area contributed by atoms with Crippen molar-refractivity contribution in [2.24, 2.45) is 5.10 Å². The summed E-state index contributed by atoms with van der Waals surface area (Å²) in [4.78, 5) is 11.8. The molecule has 0 saturated heterocycles. The average molecular weight is 272 g/mol. The zero-order valence-electron chi connectivity index (χ0n) is 11.3. The molecular weight excluding hydrogens is 256 g/mol. The molecule has 104 valence electrons. The van der Waals surface area contributed by atoms with Crippen molar-refractivity contribution in [2.75, 3.05) is 0 Å². The summed E-state index contributed by atoms with van der Waals surface area (Å²) in [5, 5.41) is 19.8. The number of benzene rings is 1. The highest BCUT2D eigenvalue weighted by Crippen LogP contribution is 2.11. The Morgan fingerprint density at radius 3 is 2.90 bits per heavy atom. The van der Waals surface area contributed by atoms with Crippen LogP contribution in [0, 0.1) is 0 Å². The van der Waals surface area contributed by atoms with Gasteiger partial charge in [-0.05, 0) is 29.7 Å². The maximum absolute atomic E-state index is 11.8. The number of carbonyl (C=O) groups is 1. The van der Waals surface area contributed by atoms with E-state index in [-0.39, 0.29) is 17.6 Å². The summed E-state index contributed by atoms with van der Waals surface area (Å²) in [5.74, 6) is 0.0403. The lowest BCUT2D eigenvalue weighted by molar-refractivity contribution is 0.0950. The van der Waals surface area contributed by atoms with Crippen molar-refractivity contribution in [3.05, 3.63) is 47.3 Å². The Morgan fingerprint density at radius 1 is 1.45 bits per heavy atom. The molecule has 0 radical (unpaired) electrons. The van der Waals surface area contributed by atoms with E-state index in [4.69, 9.17) is 0 Å². The molecule has 0 atom stereocenters. The number of rotatable bonds is 4.